The van der Waals surface area contributed by atoms with Crippen LogP contribution in [0, 0.1) is 0 Å². The summed E-state index contributed by atoms with van der Waals surface area (Å²) in [5.41, 5.74) is 0. The lowest BCUT2D eigenvalue weighted by Crippen LogP contribution is -2.74. The van der Waals surface area contributed by atoms with Crippen LogP contribution in [-0.4, -0.2) is 59.1 Å². The summed E-state index contributed by atoms with van der Waals surface area (Å²) in [6.45, 7) is 7.85. The van der Waals surface area contributed by atoms with Gasteiger partial charge >= 0.3 is 6.09 Å². The molecule has 7 nitrogen and oxygen atoms in total. The first kappa shape index (κ1) is 13.8. The number of nitrogens with one attached hydrogen (secondary N) is 1. The lowest BCUT2D eigenvalue weighted by molar-refractivity contribution is -0.172. The summed E-state index contributed by atoms with van der Waals surface area (Å²) >= 11 is 0. The van der Waals surface area contributed by atoms with E-state index in [-0.39, 0.29) is 18.1 Å². The molecular weight excluding hydrogens is 252 g/mol. The smallest absolute Gasteiger partial charge is 0.405 e. The van der Waals surface area contributed by atoms with Crippen molar-refractivity contribution in [2.75, 3.05) is 13.2 Å². The van der Waals surface area contributed by atoms with Crippen molar-refractivity contribution in [1.82, 2.24) is 10.2 Å². The number of nitrogens with zero attached hydrogens (tertiary/aromatic N) is 1. The molecule has 2 aliphatic rings. The number of likely N-dealkylation sites (tertiary alicyclic amines) is 1. The predicted molar refractivity (Wildman–Crippen MR) is 65.6 cm³/mol. The van der Waals surface area contributed by atoms with Crippen LogP contribution in [-0.2, 0) is 14.3 Å². The molecule has 0 aromatic heterocycles. The fraction of sp³-hybridized carbons (Fsp3) is 0.667. The van der Waals surface area contributed by atoms with Gasteiger partial charge in [0.15, 0.2) is 5.79 Å². The lowest BCUT2D eigenvalue weighted by atomic mass is 9.90. The highest BCUT2D eigenvalue weighted by Gasteiger charge is 2.54. The number of hydrogen-bond donors (Lipinski definition) is 2. The molecule has 0 aromatic carbocycles. The summed E-state index contributed by atoms with van der Waals surface area (Å²) in [7, 11) is 0. The van der Waals surface area contributed by atoms with Crippen LogP contribution in [0.25, 0.3) is 0 Å². The zero-order chi connectivity index (χ0) is 14.2. The van der Waals surface area contributed by atoms with Gasteiger partial charge in [0.05, 0.1) is 12.6 Å². The van der Waals surface area contributed by atoms with Crippen LogP contribution in [0.4, 0.5) is 4.79 Å². The molecule has 106 valence electrons. The molecule has 2 saturated heterocycles. The minimum absolute atomic E-state index is 0.263. The van der Waals surface area contributed by atoms with Gasteiger partial charge in [-0.1, -0.05) is 6.08 Å². The van der Waals surface area contributed by atoms with Crippen LogP contribution >= 0.6 is 0 Å². The Bertz CT molecular complexity index is 409. The molecule has 0 radical (unpaired) electrons. The van der Waals surface area contributed by atoms with Gasteiger partial charge in [-0.2, -0.15) is 0 Å². The quantitative estimate of drug-likeness (QED) is 0.561. The first-order valence-electron chi connectivity index (χ1n) is 6.08. The van der Waals surface area contributed by atoms with E-state index in [1.54, 1.807) is 24.8 Å². The summed E-state index contributed by atoms with van der Waals surface area (Å²) < 4.78 is 11.2. The maximum absolute atomic E-state index is 11.9. The Morgan fingerprint density at radius 3 is 2.84 bits per heavy atom. The second-order valence-corrected chi connectivity index (χ2v) is 5.06. The SMILES string of the molecule is C=CCN1C(=O)[C@@H](NC(=O)O)[C@H]1[C@@H]1COC(C)(C)O1. The summed E-state index contributed by atoms with van der Waals surface area (Å²) in [6.07, 6.45) is 0.0346. The van der Waals surface area contributed by atoms with Crippen LogP contribution in [0.15, 0.2) is 12.7 Å². The van der Waals surface area contributed by atoms with Crippen LogP contribution in [0.1, 0.15) is 13.8 Å². The van der Waals surface area contributed by atoms with Crippen molar-refractivity contribution >= 4 is 12.0 Å². The van der Waals surface area contributed by atoms with E-state index < -0.39 is 17.9 Å². The van der Waals surface area contributed by atoms with Crippen LogP contribution in [0.2, 0.25) is 0 Å². The van der Waals surface area contributed by atoms with E-state index in [4.69, 9.17) is 14.6 Å². The average molecular weight is 270 g/mol. The Morgan fingerprint density at radius 2 is 2.37 bits per heavy atom. The number of carboxylic acid groups (broad SMARTS) is 1. The highest BCUT2D eigenvalue weighted by Crippen LogP contribution is 2.32. The van der Waals surface area contributed by atoms with Crippen molar-refractivity contribution in [3.63, 3.8) is 0 Å². The minimum atomic E-state index is -1.22. The fourth-order valence-corrected chi connectivity index (χ4v) is 2.50. The first-order valence-corrected chi connectivity index (χ1v) is 6.08. The Hall–Kier alpha value is -1.60. The topological polar surface area (TPSA) is 88.1 Å². The van der Waals surface area contributed by atoms with Gasteiger partial charge in [-0.25, -0.2) is 4.79 Å². The van der Waals surface area contributed by atoms with E-state index in [0.29, 0.717) is 13.2 Å². The maximum atomic E-state index is 11.9. The minimum Gasteiger partial charge on any atom is -0.465 e. The second kappa shape index (κ2) is 4.82. The molecule has 7 heteroatoms. The number of amides is 2. The van der Waals surface area contributed by atoms with Crippen molar-refractivity contribution in [3.8, 4) is 0 Å². The third-order valence-corrected chi connectivity index (χ3v) is 3.27. The molecule has 2 aliphatic heterocycles. The number of carbonyl (C=O) groups excluding carboxylic acids is 1. The van der Waals surface area contributed by atoms with Gasteiger partial charge in [0.1, 0.15) is 12.1 Å². The van der Waals surface area contributed by atoms with Crippen LogP contribution in [0.5, 0.6) is 0 Å². The highest BCUT2D eigenvalue weighted by atomic mass is 16.7. The van der Waals surface area contributed by atoms with Crippen molar-refractivity contribution in [1.29, 1.82) is 0 Å². The van der Waals surface area contributed by atoms with Crippen molar-refractivity contribution < 1.29 is 24.2 Å². The van der Waals surface area contributed by atoms with Gasteiger partial charge in [0.25, 0.3) is 0 Å². The third-order valence-electron chi connectivity index (χ3n) is 3.27. The summed E-state index contributed by atoms with van der Waals surface area (Å²) in [4.78, 5) is 24.1. The molecule has 19 heavy (non-hydrogen) atoms. The molecule has 2 fully saturated rings. The van der Waals surface area contributed by atoms with Gasteiger partial charge in [0, 0.05) is 6.54 Å². The van der Waals surface area contributed by atoms with Crippen molar-refractivity contribution in [2.24, 2.45) is 0 Å². The monoisotopic (exact) mass is 270 g/mol. The van der Waals surface area contributed by atoms with Crippen molar-refractivity contribution in [3.05, 3.63) is 12.7 Å². The third kappa shape index (κ3) is 2.57. The normalized spacial score (nSPS) is 32.8. The van der Waals surface area contributed by atoms with Gasteiger partial charge in [-0.05, 0) is 13.8 Å². The lowest BCUT2D eigenvalue weighted by Gasteiger charge is -2.48. The molecule has 3 atom stereocenters. The molecular formula is C12H18N2O5. The molecule has 2 amide bonds. The van der Waals surface area contributed by atoms with E-state index in [2.05, 4.69) is 11.9 Å². The number of ether oxygens (including phenoxy) is 2. The standard InChI is InChI=1S/C12H18N2O5/c1-4-5-14-9(7-6-18-12(2,3)19-7)8(10(14)15)13-11(16)17/h4,7-9,13H,1,5-6H2,2-3H3,(H,16,17)/t7-,8-,9+/m0/s1. The highest BCUT2D eigenvalue weighted by molar-refractivity contribution is 5.92. The Labute approximate surface area is 111 Å². The number of rotatable bonds is 4. The zero-order valence-corrected chi connectivity index (χ0v) is 11.0. The second-order valence-electron chi connectivity index (χ2n) is 5.06. The average Bonchev–Trinajstić information content (AvgIpc) is 2.66. The molecule has 2 rings (SSSR count). The number of carbonyl (C=O) groups is 2. The molecule has 0 aliphatic carbocycles. The van der Waals surface area contributed by atoms with E-state index >= 15 is 0 Å². The predicted octanol–water partition coefficient (Wildman–Crippen LogP) is 0.171. The van der Waals surface area contributed by atoms with Crippen molar-refractivity contribution in [2.45, 2.75) is 37.8 Å². The van der Waals surface area contributed by atoms with Crippen LogP contribution < -0.4 is 5.32 Å². The zero-order valence-electron chi connectivity index (χ0n) is 11.0. The summed E-state index contributed by atoms with van der Waals surface area (Å²) in [5, 5.41) is 11.0. The van der Waals surface area contributed by atoms with E-state index in [1.165, 1.54) is 0 Å². The van der Waals surface area contributed by atoms with Crippen LogP contribution in [0.3, 0.4) is 0 Å². The first-order chi connectivity index (χ1) is 8.85. The Balaban J connectivity index is 2.10. The molecule has 0 spiro atoms. The van der Waals surface area contributed by atoms with E-state index in [1.807, 2.05) is 0 Å². The fourth-order valence-electron chi connectivity index (χ4n) is 2.50. The number of β-lactam (4-membered cyclic amide) rings is 1. The molecule has 0 aromatic rings. The van der Waals surface area contributed by atoms with E-state index in [0.717, 1.165) is 0 Å². The van der Waals surface area contributed by atoms with Gasteiger partial charge in [-0.15, -0.1) is 6.58 Å². The Morgan fingerprint density at radius 1 is 1.68 bits per heavy atom. The largest absolute Gasteiger partial charge is 0.465 e. The van der Waals surface area contributed by atoms with Gasteiger partial charge in [0.2, 0.25) is 5.91 Å². The Kier molecular flexibility index (Phi) is 3.51. The molecule has 2 N–H and O–H groups in total. The molecule has 0 unspecified atom stereocenters. The van der Waals surface area contributed by atoms with Gasteiger partial charge < -0.3 is 24.8 Å². The summed E-state index contributed by atoms with van der Waals surface area (Å²) in [5.74, 6) is -0.975. The maximum Gasteiger partial charge on any atom is 0.405 e. The molecule has 0 saturated carbocycles. The van der Waals surface area contributed by atoms with Gasteiger partial charge in [-0.3, -0.25) is 4.79 Å². The van der Waals surface area contributed by atoms with E-state index in [9.17, 15) is 9.59 Å². The summed E-state index contributed by atoms with van der Waals surface area (Å²) in [6, 6.07) is -1.14. The molecule has 2 heterocycles. The molecule has 0 bridgehead atoms. The number of hydrogen-bond acceptors (Lipinski definition) is 4.